The van der Waals surface area contributed by atoms with Gasteiger partial charge in [-0.2, -0.15) is 10.2 Å². The third-order valence-corrected chi connectivity index (χ3v) is 4.00. The Morgan fingerprint density at radius 1 is 1.53 bits per heavy atom. The van der Waals surface area contributed by atoms with E-state index in [4.69, 9.17) is 32.1 Å². The van der Waals surface area contributed by atoms with Gasteiger partial charge >= 0.3 is 17.4 Å². The van der Waals surface area contributed by atoms with E-state index in [-0.39, 0.29) is 30.5 Å². The molecule has 0 fully saturated rings. The molecule has 1 unspecified atom stereocenters. The fourth-order valence-electron chi connectivity index (χ4n) is 2.51. The number of anilines is 1. The Balaban J connectivity index is 2.06. The molecule has 14 heteroatoms. The highest BCUT2D eigenvalue weighted by atomic mass is 16.6. The van der Waals surface area contributed by atoms with E-state index >= 15 is 0 Å². The normalized spacial score (nSPS) is 20.2. The quantitative estimate of drug-likeness (QED) is 0.114. The molecule has 9 N–H and O–H groups in total. The first-order valence-corrected chi connectivity index (χ1v) is 8.48. The fourth-order valence-corrected chi connectivity index (χ4v) is 2.51. The molecule has 0 spiro atoms. The predicted octanol–water partition coefficient (Wildman–Crippen LogP) is -2.22. The number of rotatable bonds is 8. The van der Waals surface area contributed by atoms with Crippen LogP contribution >= 0.6 is 0 Å². The monoisotopic (exact) mass is 420 g/mol. The molecular formula is C16H20N8O6. The van der Waals surface area contributed by atoms with E-state index in [1.165, 1.54) is 6.07 Å². The first-order valence-electron chi connectivity index (χ1n) is 8.48. The minimum absolute atomic E-state index is 0.0265. The number of aromatic nitrogens is 2. The van der Waals surface area contributed by atoms with E-state index in [0.717, 1.165) is 6.20 Å². The molecule has 0 aromatic carbocycles. The van der Waals surface area contributed by atoms with Crippen molar-refractivity contribution in [1.82, 2.24) is 9.55 Å². The highest BCUT2D eigenvalue weighted by Gasteiger charge is 2.53. The molecule has 1 aromatic rings. The zero-order valence-electron chi connectivity index (χ0n) is 15.6. The number of carbonyl (C=O) groups excluding carboxylic acids is 1. The number of aliphatic hydroxyl groups excluding tert-OH is 2. The number of nitrogens with two attached hydrogens (primary N) is 3. The van der Waals surface area contributed by atoms with Crippen molar-refractivity contribution in [3.05, 3.63) is 34.3 Å². The van der Waals surface area contributed by atoms with Crippen molar-refractivity contribution in [2.75, 3.05) is 18.9 Å². The van der Waals surface area contributed by atoms with E-state index in [0.29, 0.717) is 11.0 Å². The Bertz CT molecular complexity index is 1010. The van der Waals surface area contributed by atoms with E-state index in [9.17, 15) is 25.1 Å². The molecule has 14 nitrogen and oxygen atoms in total. The van der Waals surface area contributed by atoms with Gasteiger partial charge in [0.1, 0.15) is 17.6 Å². The van der Waals surface area contributed by atoms with Crippen LogP contribution < -0.4 is 22.9 Å². The van der Waals surface area contributed by atoms with Crippen LogP contribution in [0.1, 0.15) is 12.8 Å². The van der Waals surface area contributed by atoms with Crippen molar-refractivity contribution < 1.29 is 24.5 Å². The van der Waals surface area contributed by atoms with Crippen LogP contribution in [-0.4, -0.2) is 56.7 Å². The second-order valence-electron chi connectivity index (χ2n) is 6.09. The highest BCUT2D eigenvalue weighted by Crippen LogP contribution is 2.36. The van der Waals surface area contributed by atoms with Gasteiger partial charge in [0.2, 0.25) is 0 Å². The molecule has 1 aliphatic heterocycles. The third-order valence-electron chi connectivity index (χ3n) is 4.00. The number of carbonyl (C=O) groups is 1. The van der Waals surface area contributed by atoms with Crippen LogP contribution in [0.3, 0.4) is 0 Å². The molecule has 0 saturated heterocycles. The maximum absolute atomic E-state index is 12.1. The topological polar surface area (TPSA) is 249 Å². The fraction of sp³-hybridized carbons (Fsp3) is 0.375. The van der Waals surface area contributed by atoms with Crippen molar-refractivity contribution in [3.8, 4) is 6.07 Å². The van der Waals surface area contributed by atoms with Crippen LogP contribution in [0.2, 0.25) is 0 Å². The summed E-state index contributed by atoms with van der Waals surface area (Å²) in [6.07, 6.45) is -0.567. The minimum Gasteiger partial charge on any atom is -0.506 e. The molecule has 0 bridgehead atoms. The van der Waals surface area contributed by atoms with E-state index in [1.54, 1.807) is 6.07 Å². The maximum Gasteiger partial charge on any atom is 0.353 e. The molecule has 0 radical (unpaired) electrons. The predicted molar refractivity (Wildman–Crippen MR) is 102 cm³/mol. The van der Waals surface area contributed by atoms with Crippen LogP contribution in [0.5, 0.6) is 0 Å². The molecule has 2 atom stereocenters. The summed E-state index contributed by atoms with van der Waals surface area (Å²) in [6.45, 7) is -0.479. The third kappa shape index (κ3) is 4.47. The van der Waals surface area contributed by atoms with Gasteiger partial charge in [-0.3, -0.25) is 10.4 Å². The van der Waals surface area contributed by atoms with Gasteiger partial charge in [-0.05, 0) is 18.9 Å². The summed E-state index contributed by atoms with van der Waals surface area (Å²) in [7, 11) is 0. The zero-order valence-corrected chi connectivity index (χ0v) is 15.6. The number of hydrogen-bond acceptors (Lipinski definition) is 11. The molecule has 160 valence electrons. The smallest absolute Gasteiger partial charge is 0.353 e. The Kier molecular flexibility index (Phi) is 6.59. The lowest BCUT2D eigenvalue weighted by atomic mass is 10.1. The number of ether oxygens (including phenoxy) is 2. The van der Waals surface area contributed by atoms with Gasteiger partial charge < -0.3 is 36.9 Å². The van der Waals surface area contributed by atoms with Gasteiger partial charge in [-0.25, -0.2) is 14.2 Å². The Morgan fingerprint density at radius 2 is 2.23 bits per heavy atom. The Hall–Kier alpha value is -4.12. The number of nitriles is 1. The van der Waals surface area contributed by atoms with Crippen LogP contribution in [-0.2, 0) is 20.0 Å². The molecule has 2 rings (SSSR count). The lowest BCUT2D eigenvalue weighted by Crippen LogP contribution is -2.48. The average Bonchev–Trinajstić information content (AvgIpc) is 2.94. The number of nitrogens with zero attached hydrogens (tertiary/aromatic N) is 4. The summed E-state index contributed by atoms with van der Waals surface area (Å²) in [5, 5.41) is 37.6. The summed E-state index contributed by atoms with van der Waals surface area (Å²) in [5.41, 5.74) is 12.0. The SMILES string of the molecule is N#C[C@@]1(n2ccc(N)nc2=O)OC(COC(=O)C(=N)CCCN=C(N)N)=C(O)C1O. The molecular weight excluding hydrogens is 400 g/mol. The Labute approximate surface area is 169 Å². The number of nitrogens with one attached hydrogen (secondary N) is 1. The van der Waals surface area contributed by atoms with Crippen molar-refractivity contribution in [2.45, 2.75) is 24.7 Å². The average molecular weight is 420 g/mol. The first-order chi connectivity index (χ1) is 14.1. The van der Waals surface area contributed by atoms with Gasteiger partial charge in [0.15, 0.2) is 30.2 Å². The molecule has 0 saturated carbocycles. The summed E-state index contributed by atoms with van der Waals surface area (Å²) in [6, 6.07) is 2.80. The highest BCUT2D eigenvalue weighted by molar-refractivity contribution is 6.35. The van der Waals surface area contributed by atoms with Gasteiger partial charge in [-0.15, -0.1) is 0 Å². The summed E-state index contributed by atoms with van der Waals surface area (Å²) < 4.78 is 10.8. The minimum atomic E-state index is -2.38. The Morgan fingerprint density at radius 3 is 2.83 bits per heavy atom. The van der Waals surface area contributed by atoms with Gasteiger partial charge in [0, 0.05) is 12.7 Å². The van der Waals surface area contributed by atoms with Crippen molar-refractivity contribution >= 4 is 23.5 Å². The summed E-state index contributed by atoms with van der Waals surface area (Å²) in [5.74, 6) is -2.53. The second kappa shape index (κ2) is 8.92. The molecule has 1 aromatic heterocycles. The van der Waals surface area contributed by atoms with Gasteiger partial charge in [0.05, 0.1) is 0 Å². The van der Waals surface area contributed by atoms with Crippen LogP contribution in [0.25, 0.3) is 0 Å². The number of hydrogen-bond donors (Lipinski definition) is 6. The van der Waals surface area contributed by atoms with Crippen molar-refractivity contribution in [1.29, 1.82) is 10.7 Å². The molecule has 2 heterocycles. The maximum atomic E-state index is 12.1. The number of aliphatic imine (C=N–C) groups is 1. The number of aliphatic hydroxyl groups is 2. The van der Waals surface area contributed by atoms with E-state index < -0.39 is 41.6 Å². The molecule has 30 heavy (non-hydrogen) atoms. The number of esters is 1. The molecule has 1 aliphatic rings. The van der Waals surface area contributed by atoms with Gasteiger partial charge in [0.25, 0.3) is 0 Å². The first kappa shape index (κ1) is 22.2. The van der Waals surface area contributed by atoms with Crippen LogP contribution in [0, 0.1) is 16.7 Å². The largest absolute Gasteiger partial charge is 0.506 e. The number of nitrogen functional groups attached to an aromatic ring is 1. The second-order valence-corrected chi connectivity index (χ2v) is 6.09. The zero-order chi connectivity index (χ0) is 22.5. The van der Waals surface area contributed by atoms with Crippen LogP contribution in [0.15, 0.2) is 33.6 Å². The summed E-state index contributed by atoms with van der Waals surface area (Å²) >= 11 is 0. The molecule has 0 aliphatic carbocycles. The molecule has 0 amide bonds. The number of guanidine groups is 1. The van der Waals surface area contributed by atoms with Gasteiger partial charge in [-0.1, -0.05) is 0 Å². The lowest BCUT2D eigenvalue weighted by molar-refractivity contribution is -0.137. The summed E-state index contributed by atoms with van der Waals surface area (Å²) in [4.78, 5) is 31.1. The van der Waals surface area contributed by atoms with Crippen molar-refractivity contribution in [2.24, 2.45) is 16.5 Å². The van der Waals surface area contributed by atoms with E-state index in [1.807, 2.05) is 0 Å². The van der Waals surface area contributed by atoms with Crippen LogP contribution in [0.4, 0.5) is 5.82 Å². The van der Waals surface area contributed by atoms with Crippen molar-refractivity contribution in [3.63, 3.8) is 0 Å². The standard InChI is InChI=1S/C16H20N8O6/c17-7-16(24-5-3-10(19)23-15(24)28)12(26)11(25)9(30-16)6-29-13(27)8(18)2-1-4-22-14(20)21/h3,5,12,18,25-26H,1-2,4,6H2,(H2,19,23,28)(H4,20,21,22)/t12?,16-/m1/s1. The van der Waals surface area contributed by atoms with E-state index in [2.05, 4.69) is 9.98 Å². The lowest BCUT2D eigenvalue weighted by Gasteiger charge is -2.26.